The summed E-state index contributed by atoms with van der Waals surface area (Å²) in [4.78, 5) is 28.0. The molecule has 3 heterocycles. The van der Waals surface area contributed by atoms with Gasteiger partial charge in [0.05, 0.1) is 36.8 Å². The molecule has 11 nitrogen and oxygen atoms in total. The minimum Gasteiger partial charge on any atom is -0.508 e. The lowest BCUT2D eigenvalue weighted by atomic mass is 9.77. The minimum atomic E-state index is -1.11. The number of aliphatic hydroxyl groups excluding tert-OH is 2. The summed E-state index contributed by atoms with van der Waals surface area (Å²) >= 11 is 0. The van der Waals surface area contributed by atoms with E-state index in [1.54, 1.807) is 12.2 Å². The first-order valence-corrected chi connectivity index (χ1v) is 21.4. The summed E-state index contributed by atoms with van der Waals surface area (Å²) in [6.07, 6.45) is 1.27. The second-order valence-corrected chi connectivity index (χ2v) is 17.9. The van der Waals surface area contributed by atoms with Crippen LogP contribution < -0.4 is 19.1 Å². The van der Waals surface area contributed by atoms with Crippen LogP contribution in [0, 0.1) is 18.8 Å². The molecule has 2 saturated heterocycles. The summed E-state index contributed by atoms with van der Waals surface area (Å²) in [5.74, 6) is -0.175. The summed E-state index contributed by atoms with van der Waals surface area (Å²) in [6, 6.07) is 38.1. The summed E-state index contributed by atoms with van der Waals surface area (Å²) in [5, 5.41) is 31.0. The number of amides is 2. The third-order valence-corrected chi connectivity index (χ3v) is 12.7. The Hall–Kier alpha value is -5.98. The van der Waals surface area contributed by atoms with Crippen molar-refractivity contribution in [1.29, 1.82) is 0 Å². The number of rotatable bonds is 18. The van der Waals surface area contributed by atoms with Gasteiger partial charge >= 0.3 is 0 Å². The predicted molar refractivity (Wildman–Crippen MR) is 238 cm³/mol. The number of imide groups is 1. The largest absolute Gasteiger partial charge is 0.508 e. The highest BCUT2D eigenvalue weighted by Crippen LogP contribution is 2.52. The number of phenols is 1. The molecule has 0 saturated carbocycles. The number of carbonyl (C=O) groups is 2. The van der Waals surface area contributed by atoms with Gasteiger partial charge in [-0.15, -0.1) is 0 Å². The van der Waals surface area contributed by atoms with Gasteiger partial charge < -0.3 is 39.0 Å². The lowest BCUT2D eigenvalue weighted by Crippen LogP contribution is -2.44. The van der Waals surface area contributed by atoms with Gasteiger partial charge in [-0.1, -0.05) is 106 Å². The fourth-order valence-corrected chi connectivity index (χ4v) is 8.76. The molecule has 63 heavy (non-hydrogen) atoms. The molecule has 3 aliphatic heterocycles. The van der Waals surface area contributed by atoms with Crippen molar-refractivity contribution in [2.45, 2.75) is 69.4 Å². The van der Waals surface area contributed by atoms with E-state index in [2.05, 4.69) is 71.0 Å². The normalized spacial score (nSPS) is 21.4. The van der Waals surface area contributed by atoms with Gasteiger partial charge in [-0.3, -0.25) is 9.59 Å². The van der Waals surface area contributed by atoms with Crippen LogP contribution in [-0.2, 0) is 29.9 Å². The van der Waals surface area contributed by atoms with Crippen LogP contribution in [0.1, 0.15) is 55.5 Å². The maximum Gasteiger partial charge on any atom is 0.241 e. The molecule has 0 aromatic heterocycles. The first kappa shape index (κ1) is 43.7. The van der Waals surface area contributed by atoms with E-state index in [9.17, 15) is 24.9 Å². The number of ether oxygens (including phenoxy) is 5. The van der Waals surface area contributed by atoms with Crippen LogP contribution >= 0.6 is 0 Å². The SMILES string of the molecule is Cc1ccc(C(C)(C)c2ccc(OCC(O)COc3ccc(C(C)(C)c4ccc(OCC(O)COCC56C=CC(O5)C5C(=O)N(c7ccc(O)cc7)C(=O)C56)cc4)cc3)cc2)cc1. The maximum absolute atomic E-state index is 13.6. The van der Waals surface area contributed by atoms with Crippen molar-refractivity contribution in [3.05, 3.63) is 161 Å². The maximum atomic E-state index is 13.6. The highest BCUT2D eigenvalue weighted by atomic mass is 16.6. The van der Waals surface area contributed by atoms with Gasteiger partial charge in [0.25, 0.3) is 0 Å². The zero-order chi connectivity index (χ0) is 44.5. The van der Waals surface area contributed by atoms with Crippen molar-refractivity contribution < 1.29 is 48.6 Å². The number of benzene rings is 5. The number of hydrogen-bond acceptors (Lipinski definition) is 10. The first-order valence-electron chi connectivity index (χ1n) is 21.4. The zero-order valence-electron chi connectivity index (χ0n) is 36.3. The molecule has 0 aliphatic carbocycles. The van der Waals surface area contributed by atoms with E-state index in [0.717, 1.165) is 16.0 Å². The number of nitrogens with zero attached hydrogens (tertiary/aromatic N) is 1. The Kier molecular flexibility index (Phi) is 12.2. The van der Waals surface area contributed by atoms with Crippen LogP contribution in [0.25, 0.3) is 0 Å². The quantitative estimate of drug-likeness (QED) is 0.0601. The van der Waals surface area contributed by atoms with Crippen LogP contribution in [-0.4, -0.2) is 84.1 Å². The number of aliphatic hydroxyl groups is 2. The average molecular weight is 854 g/mol. The predicted octanol–water partition coefficient (Wildman–Crippen LogP) is 7.44. The number of phenolic OH excluding ortho intramolecular Hbond substituents is 1. The van der Waals surface area contributed by atoms with Crippen LogP contribution in [0.15, 0.2) is 133 Å². The van der Waals surface area contributed by atoms with E-state index in [0.29, 0.717) is 22.9 Å². The Labute approximate surface area is 368 Å². The van der Waals surface area contributed by atoms with Gasteiger partial charge in [-0.25, -0.2) is 4.90 Å². The molecule has 2 amide bonds. The van der Waals surface area contributed by atoms with E-state index < -0.39 is 35.7 Å². The third kappa shape index (κ3) is 8.97. The minimum absolute atomic E-state index is 0.0148. The van der Waals surface area contributed by atoms with Crippen molar-refractivity contribution in [2.75, 3.05) is 37.9 Å². The topological polar surface area (TPSA) is 144 Å². The molecule has 5 aromatic rings. The van der Waals surface area contributed by atoms with Gasteiger partial charge in [0.1, 0.15) is 60.6 Å². The fraction of sp³-hybridized carbons (Fsp3) is 0.346. The average Bonchev–Trinajstić information content (AvgIpc) is 3.94. The molecular formula is C52H55NO10. The highest BCUT2D eigenvalue weighted by Gasteiger charge is 2.68. The van der Waals surface area contributed by atoms with Crippen molar-refractivity contribution in [2.24, 2.45) is 11.8 Å². The number of carbonyl (C=O) groups excluding carboxylic acids is 2. The molecule has 0 spiro atoms. The highest BCUT2D eigenvalue weighted by molar-refractivity contribution is 6.23. The summed E-state index contributed by atoms with van der Waals surface area (Å²) in [7, 11) is 0. The Morgan fingerprint density at radius 2 is 1.05 bits per heavy atom. The Bertz CT molecular complexity index is 2410. The van der Waals surface area contributed by atoms with Crippen LogP contribution in [0.2, 0.25) is 0 Å². The second-order valence-electron chi connectivity index (χ2n) is 17.9. The molecule has 3 N–H and O–H groups in total. The molecule has 5 aromatic carbocycles. The van der Waals surface area contributed by atoms with Crippen molar-refractivity contribution in [3.63, 3.8) is 0 Å². The lowest BCUT2D eigenvalue weighted by molar-refractivity contribution is -0.130. The number of aromatic hydroxyl groups is 1. The van der Waals surface area contributed by atoms with Crippen molar-refractivity contribution in [3.8, 4) is 23.0 Å². The number of aryl methyl sites for hydroxylation is 1. The molecule has 11 heteroatoms. The molecule has 8 rings (SSSR count). The summed E-state index contributed by atoms with van der Waals surface area (Å²) in [5.41, 5.74) is 4.58. The molecule has 3 aliphatic rings. The Balaban J connectivity index is 0.765. The van der Waals surface area contributed by atoms with E-state index in [4.69, 9.17) is 23.7 Å². The molecule has 328 valence electrons. The van der Waals surface area contributed by atoms with Gasteiger partial charge in [-0.05, 0) is 89.8 Å². The van der Waals surface area contributed by atoms with Crippen LogP contribution in [0.3, 0.4) is 0 Å². The fourth-order valence-electron chi connectivity index (χ4n) is 8.76. The Morgan fingerprint density at radius 3 is 1.51 bits per heavy atom. The number of hydrogen-bond donors (Lipinski definition) is 3. The molecule has 6 atom stereocenters. The Morgan fingerprint density at radius 1 is 0.619 bits per heavy atom. The van der Waals surface area contributed by atoms with Gasteiger partial charge in [0, 0.05) is 10.8 Å². The van der Waals surface area contributed by atoms with Crippen molar-refractivity contribution >= 4 is 17.5 Å². The van der Waals surface area contributed by atoms with E-state index in [-0.39, 0.29) is 61.4 Å². The van der Waals surface area contributed by atoms with E-state index in [1.165, 1.54) is 41.0 Å². The van der Waals surface area contributed by atoms with Gasteiger partial charge in [-0.2, -0.15) is 0 Å². The standard InChI is InChI=1S/C52H55NO10/c1-33-6-8-34(9-7-33)50(2,3)35-10-22-43(23-11-35)61-30-41(56)31-62-44-24-14-37(15-25-44)51(4,5)36-12-20-42(21-13-36)60-29-40(55)28-59-32-52-27-26-45(63-52)46-47(52)49(58)53(48(46)57)38-16-18-39(54)19-17-38/h6-27,40-41,45-47,54-56H,28-32H2,1-5H3. The van der Waals surface area contributed by atoms with E-state index in [1.807, 2.05) is 60.7 Å². The second kappa shape index (κ2) is 17.7. The van der Waals surface area contributed by atoms with Crippen LogP contribution in [0.4, 0.5) is 5.69 Å². The smallest absolute Gasteiger partial charge is 0.241 e. The summed E-state index contributed by atoms with van der Waals surface area (Å²) in [6.45, 7) is 10.9. The van der Waals surface area contributed by atoms with Crippen LogP contribution in [0.5, 0.6) is 23.0 Å². The number of fused-ring (bicyclic) bond motifs is 5. The third-order valence-electron chi connectivity index (χ3n) is 12.7. The molecule has 2 bridgehead atoms. The monoisotopic (exact) mass is 853 g/mol. The van der Waals surface area contributed by atoms with Crippen molar-refractivity contribution in [1.82, 2.24) is 0 Å². The van der Waals surface area contributed by atoms with Gasteiger partial charge in [0.2, 0.25) is 11.8 Å². The number of anilines is 1. The summed E-state index contributed by atoms with van der Waals surface area (Å²) < 4.78 is 29.7. The molecule has 2 fully saturated rings. The van der Waals surface area contributed by atoms with E-state index >= 15 is 0 Å². The zero-order valence-corrected chi connectivity index (χ0v) is 36.3. The molecule has 6 unspecified atom stereocenters. The first-order chi connectivity index (χ1) is 30.1. The lowest BCUT2D eigenvalue weighted by Gasteiger charge is -2.29. The molecular weight excluding hydrogens is 799 g/mol. The van der Waals surface area contributed by atoms with Gasteiger partial charge in [0.15, 0.2) is 0 Å². The molecule has 0 radical (unpaired) electrons.